The van der Waals surface area contributed by atoms with Gasteiger partial charge in [-0.1, -0.05) is 6.07 Å². The molecule has 2 heterocycles. The summed E-state index contributed by atoms with van der Waals surface area (Å²) in [6.45, 7) is 1.77. The quantitative estimate of drug-likeness (QED) is 0.719. The Morgan fingerprint density at radius 3 is 3.00 bits per heavy atom. The van der Waals surface area contributed by atoms with E-state index in [0.717, 1.165) is 11.1 Å². The molecule has 0 spiro atoms. The Hall–Kier alpha value is -2.87. The van der Waals surface area contributed by atoms with Gasteiger partial charge in [-0.2, -0.15) is 5.26 Å². The normalized spacial score (nSPS) is 10.5. The molecule has 0 saturated heterocycles. The first-order chi connectivity index (χ1) is 9.19. The summed E-state index contributed by atoms with van der Waals surface area (Å²) in [7, 11) is 0. The SMILES string of the molecule is Cc1nc2ccc(-c3cc[nH]c(=O)c3C#N)cc2o1. The van der Waals surface area contributed by atoms with Gasteiger partial charge in [-0.15, -0.1) is 0 Å². The second kappa shape index (κ2) is 4.10. The molecule has 0 aliphatic carbocycles. The van der Waals surface area contributed by atoms with Crippen LogP contribution in [0.3, 0.4) is 0 Å². The van der Waals surface area contributed by atoms with Gasteiger partial charge in [0.05, 0.1) is 0 Å². The molecule has 1 N–H and O–H groups in total. The highest BCUT2D eigenvalue weighted by Crippen LogP contribution is 2.25. The number of oxazole rings is 1. The van der Waals surface area contributed by atoms with Crippen LogP contribution >= 0.6 is 0 Å². The lowest BCUT2D eigenvalue weighted by Gasteiger charge is -2.02. The highest BCUT2D eigenvalue weighted by atomic mass is 16.3. The number of aromatic nitrogens is 2. The van der Waals surface area contributed by atoms with Crippen LogP contribution in [0.4, 0.5) is 0 Å². The molecule has 92 valence electrons. The van der Waals surface area contributed by atoms with E-state index in [2.05, 4.69) is 9.97 Å². The van der Waals surface area contributed by atoms with E-state index in [1.54, 1.807) is 19.1 Å². The number of pyridine rings is 1. The standard InChI is InChI=1S/C14H9N3O2/c1-8-17-12-3-2-9(6-13(12)19-8)10-4-5-16-14(18)11(10)7-15/h2-6H,1H3,(H,16,18). The molecule has 3 rings (SSSR count). The number of rotatable bonds is 1. The van der Waals surface area contributed by atoms with Crippen LogP contribution in [0.1, 0.15) is 11.5 Å². The third kappa shape index (κ3) is 1.79. The van der Waals surface area contributed by atoms with E-state index in [1.807, 2.05) is 18.2 Å². The summed E-state index contributed by atoms with van der Waals surface area (Å²) in [4.78, 5) is 18.3. The summed E-state index contributed by atoms with van der Waals surface area (Å²) < 4.78 is 5.45. The average molecular weight is 251 g/mol. The van der Waals surface area contributed by atoms with Gasteiger partial charge in [0.15, 0.2) is 11.5 Å². The van der Waals surface area contributed by atoms with Gasteiger partial charge in [0, 0.05) is 18.7 Å². The van der Waals surface area contributed by atoms with Crippen molar-refractivity contribution in [3.8, 4) is 17.2 Å². The Labute approximate surface area is 108 Å². The molecule has 0 atom stereocenters. The fourth-order valence-corrected chi connectivity index (χ4v) is 2.04. The molecule has 0 radical (unpaired) electrons. The number of fused-ring (bicyclic) bond motifs is 1. The largest absolute Gasteiger partial charge is 0.441 e. The third-order valence-corrected chi connectivity index (χ3v) is 2.88. The summed E-state index contributed by atoms with van der Waals surface area (Å²) in [5, 5.41) is 9.07. The molecule has 19 heavy (non-hydrogen) atoms. The Morgan fingerprint density at radius 2 is 2.21 bits per heavy atom. The van der Waals surface area contributed by atoms with E-state index in [4.69, 9.17) is 9.68 Å². The molecule has 0 fully saturated rings. The van der Waals surface area contributed by atoms with Crippen molar-refractivity contribution in [1.29, 1.82) is 5.26 Å². The first-order valence-electron chi connectivity index (χ1n) is 5.68. The van der Waals surface area contributed by atoms with Crippen LogP contribution in [0.25, 0.3) is 22.2 Å². The third-order valence-electron chi connectivity index (χ3n) is 2.88. The average Bonchev–Trinajstić information content (AvgIpc) is 2.77. The van der Waals surface area contributed by atoms with Gasteiger partial charge >= 0.3 is 0 Å². The van der Waals surface area contributed by atoms with Crippen LogP contribution < -0.4 is 5.56 Å². The molecule has 0 aliphatic rings. The first kappa shape index (κ1) is 11.2. The smallest absolute Gasteiger partial charge is 0.266 e. The maximum Gasteiger partial charge on any atom is 0.266 e. The van der Waals surface area contributed by atoms with E-state index in [-0.39, 0.29) is 5.56 Å². The molecule has 0 saturated carbocycles. The molecule has 0 bridgehead atoms. The molecular weight excluding hydrogens is 242 g/mol. The lowest BCUT2D eigenvalue weighted by molar-refractivity contribution is 0.561. The van der Waals surface area contributed by atoms with E-state index in [0.29, 0.717) is 17.0 Å². The Bertz CT molecular complexity index is 868. The summed E-state index contributed by atoms with van der Waals surface area (Å²) in [5.41, 5.74) is 2.43. The lowest BCUT2D eigenvalue weighted by atomic mass is 10.0. The molecule has 5 nitrogen and oxygen atoms in total. The van der Waals surface area contributed by atoms with Gasteiger partial charge < -0.3 is 9.40 Å². The molecule has 0 aliphatic heterocycles. The number of nitriles is 1. The molecular formula is C14H9N3O2. The highest BCUT2D eigenvalue weighted by Gasteiger charge is 2.10. The summed E-state index contributed by atoms with van der Waals surface area (Å²) in [6, 6.07) is 9.04. The van der Waals surface area contributed by atoms with Crippen molar-refractivity contribution >= 4 is 11.1 Å². The van der Waals surface area contributed by atoms with E-state index >= 15 is 0 Å². The number of nitrogens with zero attached hydrogens (tertiary/aromatic N) is 2. The fourth-order valence-electron chi connectivity index (χ4n) is 2.04. The van der Waals surface area contributed by atoms with Crippen LogP contribution in [0, 0.1) is 18.3 Å². The molecule has 2 aromatic heterocycles. The Balaban J connectivity index is 2.28. The lowest BCUT2D eigenvalue weighted by Crippen LogP contribution is -2.10. The number of nitrogens with one attached hydrogen (secondary N) is 1. The molecule has 3 aromatic rings. The first-order valence-corrected chi connectivity index (χ1v) is 5.68. The number of benzene rings is 1. The second-order valence-corrected chi connectivity index (χ2v) is 4.12. The van der Waals surface area contributed by atoms with Crippen LogP contribution in [-0.2, 0) is 0 Å². The number of H-pyrrole nitrogens is 1. The van der Waals surface area contributed by atoms with Crippen molar-refractivity contribution in [2.24, 2.45) is 0 Å². The van der Waals surface area contributed by atoms with Crippen LogP contribution in [0.2, 0.25) is 0 Å². The number of hydrogen-bond donors (Lipinski definition) is 1. The predicted octanol–water partition coefficient (Wildman–Crippen LogP) is 2.36. The minimum Gasteiger partial charge on any atom is -0.441 e. The monoisotopic (exact) mass is 251 g/mol. The van der Waals surface area contributed by atoms with Crippen molar-refractivity contribution in [3.63, 3.8) is 0 Å². The van der Waals surface area contributed by atoms with Gasteiger partial charge in [0.2, 0.25) is 0 Å². The van der Waals surface area contributed by atoms with Gasteiger partial charge in [0.1, 0.15) is 17.1 Å². The van der Waals surface area contributed by atoms with Crippen LogP contribution in [0.15, 0.2) is 39.7 Å². The van der Waals surface area contributed by atoms with Gasteiger partial charge in [-0.25, -0.2) is 4.98 Å². The van der Waals surface area contributed by atoms with E-state index < -0.39 is 5.56 Å². The number of aryl methyl sites for hydroxylation is 1. The number of aromatic amines is 1. The Kier molecular flexibility index (Phi) is 2.43. The zero-order valence-electron chi connectivity index (χ0n) is 10.1. The molecule has 5 heteroatoms. The summed E-state index contributed by atoms with van der Waals surface area (Å²) in [6.07, 6.45) is 1.52. The fraction of sp³-hybridized carbons (Fsp3) is 0.0714. The van der Waals surface area contributed by atoms with Crippen molar-refractivity contribution < 1.29 is 4.42 Å². The van der Waals surface area contributed by atoms with Gasteiger partial charge in [-0.3, -0.25) is 4.79 Å². The van der Waals surface area contributed by atoms with Crippen molar-refractivity contribution in [3.05, 3.63) is 52.3 Å². The Morgan fingerprint density at radius 1 is 1.37 bits per heavy atom. The van der Waals surface area contributed by atoms with Crippen LogP contribution in [-0.4, -0.2) is 9.97 Å². The molecule has 0 unspecified atom stereocenters. The van der Waals surface area contributed by atoms with Crippen molar-refractivity contribution in [1.82, 2.24) is 9.97 Å². The minimum atomic E-state index is -0.395. The van der Waals surface area contributed by atoms with E-state index in [1.165, 1.54) is 6.20 Å². The zero-order chi connectivity index (χ0) is 13.4. The van der Waals surface area contributed by atoms with Crippen molar-refractivity contribution in [2.45, 2.75) is 6.92 Å². The van der Waals surface area contributed by atoms with E-state index in [9.17, 15) is 4.79 Å². The van der Waals surface area contributed by atoms with Crippen molar-refractivity contribution in [2.75, 3.05) is 0 Å². The van der Waals surface area contributed by atoms with Gasteiger partial charge in [-0.05, 0) is 23.8 Å². The predicted molar refractivity (Wildman–Crippen MR) is 69.5 cm³/mol. The maximum absolute atomic E-state index is 11.6. The van der Waals surface area contributed by atoms with Crippen LogP contribution in [0.5, 0.6) is 0 Å². The summed E-state index contributed by atoms with van der Waals surface area (Å²) in [5.74, 6) is 0.582. The number of hydrogen-bond acceptors (Lipinski definition) is 4. The highest BCUT2D eigenvalue weighted by molar-refractivity contribution is 5.81. The minimum absolute atomic E-state index is 0.0955. The zero-order valence-corrected chi connectivity index (χ0v) is 10.1. The topological polar surface area (TPSA) is 82.7 Å². The summed E-state index contributed by atoms with van der Waals surface area (Å²) >= 11 is 0. The maximum atomic E-state index is 11.6. The van der Waals surface area contributed by atoms with Gasteiger partial charge in [0.25, 0.3) is 5.56 Å². The molecule has 1 aromatic carbocycles. The second-order valence-electron chi connectivity index (χ2n) is 4.12. The molecule has 0 amide bonds.